The molecule has 0 saturated carbocycles. The van der Waals surface area contributed by atoms with Gasteiger partial charge in [0.1, 0.15) is 11.4 Å². The van der Waals surface area contributed by atoms with Crippen LogP contribution in [0.25, 0.3) is 17.1 Å². The van der Waals surface area contributed by atoms with Crippen LogP contribution in [0.1, 0.15) is 69.5 Å². The summed E-state index contributed by atoms with van der Waals surface area (Å²) in [6.07, 6.45) is 7.53. The lowest BCUT2D eigenvalue weighted by molar-refractivity contribution is 0.0696. The van der Waals surface area contributed by atoms with E-state index in [1.807, 2.05) is 30.5 Å². The number of carbonyl (C=O) groups is 1. The fourth-order valence-electron chi connectivity index (χ4n) is 6.87. The number of fused-ring (bicyclic) bond motifs is 1. The van der Waals surface area contributed by atoms with Crippen molar-refractivity contribution in [1.82, 2.24) is 19.7 Å². The number of piperidine rings is 1. The maximum Gasteiger partial charge on any atom is 0.339 e. The summed E-state index contributed by atoms with van der Waals surface area (Å²) in [5, 5.41) is 17.7. The first kappa shape index (κ1) is 27.8. The van der Waals surface area contributed by atoms with Gasteiger partial charge in [0.15, 0.2) is 5.82 Å². The second-order valence-corrected chi connectivity index (χ2v) is 11.9. The topological polar surface area (TPSA) is 96.2 Å². The molecule has 5 aromatic rings. The monoisotopic (exact) mass is 584 g/mol. The van der Waals surface area contributed by atoms with Gasteiger partial charge in [-0.2, -0.15) is 5.10 Å². The van der Waals surface area contributed by atoms with E-state index in [9.17, 15) is 9.90 Å². The molecule has 1 aliphatic carbocycles. The summed E-state index contributed by atoms with van der Waals surface area (Å²) in [7, 11) is 0. The van der Waals surface area contributed by atoms with E-state index < -0.39 is 5.97 Å². The van der Waals surface area contributed by atoms with E-state index in [1.54, 1.807) is 11.6 Å². The first-order valence-corrected chi connectivity index (χ1v) is 15.4. The van der Waals surface area contributed by atoms with E-state index in [4.69, 9.17) is 4.98 Å². The number of rotatable bonds is 7. The average molecular weight is 585 g/mol. The number of benzene rings is 2. The number of aromatic nitrogens is 4. The van der Waals surface area contributed by atoms with Gasteiger partial charge in [0.05, 0.1) is 23.6 Å². The molecule has 0 bridgehead atoms. The third kappa shape index (κ3) is 5.21. The number of nitrogens with one attached hydrogen (secondary N) is 1. The van der Waals surface area contributed by atoms with Gasteiger partial charge in [0.25, 0.3) is 0 Å². The van der Waals surface area contributed by atoms with Crippen LogP contribution in [0.4, 0.5) is 11.5 Å². The molecule has 222 valence electrons. The summed E-state index contributed by atoms with van der Waals surface area (Å²) >= 11 is 0. The molecule has 8 heteroatoms. The number of carboxylic acids is 1. The molecule has 1 aliphatic heterocycles. The van der Waals surface area contributed by atoms with Gasteiger partial charge in [-0.05, 0) is 98.0 Å². The Bertz CT molecular complexity index is 1820. The minimum atomic E-state index is -0.992. The molecule has 1 fully saturated rings. The van der Waals surface area contributed by atoms with Crippen LogP contribution >= 0.6 is 0 Å². The number of hydrogen-bond donors (Lipinski definition) is 2. The molecule has 0 radical (unpaired) electrons. The van der Waals surface area contributed by atoms with Crippen molar-refractivity contribution in [2.45, 2.75) is 51.5 Å². The number of aryl methyl sites for hydroxylation is 2. The Balaban J connectivity index is 1.10. The fraction of sp³-hybridized carbons (Fsp3) is 0.278. The van der Waals surface area contributed by atoms with Gasteiger partial charge in [-0.25, -0.2) is 19.4 Å². The number of carboxylic acid groups (broad SMARTS) is 1. The lowest BCUT2D eigenvalue weighted by atomic mass is 9.88. The lowest BCUT2D eigenvalue weighted by Crippen LogP contribution is -2.33. The van der Waals surface area contributed by atoms with Gasteiger partial charge in [-0.3, -0.25) is 0 Å². The van der Waals surface area contributed by atoms with Gasteiger partial charge in [0.2, 0.25) is 0 Å². The molecule has 3 aromatic heterocycles. The van der Waals surface area contributed by atoms with Crippen molar-refractivity contribution < 1.29 is 9.90 Å². The van der Waals surface area contributed by atoms with E-state index in [-0.39, 0.29) is 11.6 Å². The second-order valence-electron chi connectivity index (χ2n) is 11.9. The number of nitrogens with zero attached hydrogens (tertiary/aromatic N) is 5. The van der Waals surface area contributed by atoms with Crippen molar-refractivity contribution in [2.75, 3.05) is 23.3 Å². The first-order valence-electron chi connectivity index (χ1n) is 15.4. The third-order valence-electron chi connectivity index (χ3n) is 9.23. The van der Waals surface area contributed by atoms with Gasteiger partial charge < -0.3 is 15.3 Å². The van der Waals surface area contributed by atoms with Crippen molar-refractivity contribution in [3.63, 3.8) is 0 Å². The maximum atomic E-state index is 11.6. The molecule has 1 unspecified atom stereocenters. The van der Waals surface area contributed by atoms with Gasteiger partial charge in [-0.1, -0.05) is 42.5 Å². The predicted octanol–water partition coefficient (Wildman–Crippen LogP) is 7.13. The molecule has 0 amide bonds. The number of hydrogen-bond acceptors (Lipinski definition) is 6. The molecule has 4 heterocycles. The Hall–Kier alpha value is -4.98. The highest BCUT2D eigenvalue weighted by Gasteiger charge is 2.28. The summed E-state index contributed by atoms with van der Waals surface area (Å²) in [5.41, 5.74) is 9.15. The van der Waals surface area contributed by atoms with E-state index in [0.717, 1.165) is 55.8 Å². The SMILES string of the molecule is Cc1cc(C2CCN(c3ccccn3)CC2)ccc1NC1CCc2cccc(-c3cccc(-n4ncc(C(=O)O)c4C)n3)c21. The zero-order valence-electron chi connectivity index (χ0n) is 25.1. The van der Waals surface area contributed by atoms with Crippen molar-refractivity contribution in [1.29, 1.82) is 0 Å². The normalized spacial score (nSPS) is 16.6. The molecular weight excluding hydrogens is 548 g/mol. The molecule has 2 aliphatic rings. The first-order chi connectivity index (χ1) is 21.5. The van der Waals surface area contributed by atoms with Crippen LogP contribution in [0.5, 0.6) is 0 Å². The standard InChI is InChI=1S/C36H36N6O2/c1-23-21-27(25-16-19-41(20-17-25)33-10-3-4-18-37-33)13-14-30(23)39-32-15-12-26-7-5-8-28(35(26)32)31-9-6-11-34(40-31)42-24(2)29(22-38-42)36(43)44/h3-11,13-14,18,21-22,25,32,39H,12,15-17,19-20H2,1-2H3,(H,43,44). The summed E-state index contributed by atoms with van der Waals surface area (Å²) in [6, 6.07) is 25.5. The van der Waals surface area contributed by atoms with Crippen LogP contribution < -0.4 is 10.2 Å². The van der Waals surface area contributed by atoms with Crippen molar-refractivity contribution in [2.24, 2.45) is 0 Å². The Morgan fingerprint density at radius 2 is 1.75 bits per heavy atom. The van der Waals surface area contributed by atoms with Gasteiger partial charge in [-0.15, -0.1) is 0 Å². The summed E-state index contributed by atoms with van der Waals surface area (Å²) in [4.78, 5) is 23.4. The summed E-state index contributed by atoms with van der Waals surface area (Å²) < 4.78 is 1.60. The zero-order valence-corrected chi connectivity index (χ0v) is 25.1. The molecule has 1 atom stereocenters. The number of anilines is 2. The minimum Gasteiger partial charge on any atom is -0.478 e. The molecular formula is C36H36N6O2. The van der Waals surface area contributed by atoms with E-state index in [0.29, 0.717) is 17.4 Å². The Kier molecular flexibility index (Phi) is 7.34. The van der Waals surface area contributed by atoms with E-state index in [1.165, 1.54) is 34.1 Å². The summed E-state index contributed by atoms with van der Waals surface area (Å²) in [5.74, 6) is 1.24. The van der Waals surface area contributed by atoms with Crippen LogP contribution in [-0.2, 0) is 6.42 Å². The van der Waals surface area contributed by atoms with E-state index >= 15 is 0 Å². The molecule has 0 spiro atoms. The minimum absolute atomic E-state index is 0.169. The Morgan fingerprint density at radius 3 is 2.50 bits per heavy atom. The highest BCUT2D eigenvalue weighted by molar-refractivity contribution is 5.88. The highest BCUT2D eigenvalue weighted by Crippen LogP contribution is 2.41. The van der Waals surface area contributed by atoms with Crippen LogP contribution in [0, 0.1) is 13.8 Å². The lowest BCUT2D eigenvalue weighted by Gasteiger charge is -2.33. The van der Waals surface area contributed by atoms with Crippen molar-refractivity contribution in [3.05, 3.63) is 119 Å². The van der Waals surface area contributed by atoms with Crippen LogP contribution in [0.3, 0.4) is 0 Å². The van der Waals surface area contributed by atoms with Crippen molar-refractivity contribution in [3.8, 4) is 17.1 Å². The smallest absolute Gasteiger partial charge is 0.339 e. The maximum absolute atomic E-state index is 11.6. The summed E-state index contributed by atoms with van der Waals surface area (Å²) in [6.45, 7) is 6.01. The highest BCUT2D eigenvalue weighted by atomic mass is 16.4. The molecule has 2 aromatic carbocycles. The Labute approximate surface area is 257 Å². The third-order valence-corrected chi connectivity index (χ3v) is 9.23. The quantitative estimate of drug-likeness (QED) is 0.210. The van der Waals surface area contributed by atoms with Crippen LogP contribution in [-0.4, -0.2) is 43.9 Å². The average Bonchev–Trinajstić information content (AvgIpc) is 3.66. The second kappa shape index (κ2) is 11.6. The number of aromatic carboxylic acids is 1. The Morgan fingerprint density at radius 1 is 0.932 bits per heavy atom. The molecule has 1 saturated heterocycles. The van der Waals surface area contributed by atoms with Crippen molar-refractivity contribution >= 4 is 17.5 Å². The van der Waals surface area contributed by atoms with Gasteiger partial charge in [0, 0.05) is 30.5 Å². The molecule has 2 N–H and O–H groups in total. The van der Waals surface area contributed by atoms with Gasteiger partial charge >= 0.3 is 5.97 Å². The van der Waals surface area contributed by atoms with Crippen LogP contribution in [0.15, 0.2) is 85.2 Å². The number of pyridine rings is 2. The fourth-order valence-corrected chi connectivity index (χ4v) is 6.87. The molecule has 8 nitrogen and oxygen atoms in total. The zero-order chi connectivity index (χ0) is 30.2. The largest absolute Gasteiger partial charge is 0.478 e. The molecule has 7 rings (SSSR count). The van der Waals surface area contributed by atoms with Crippen LogP contribution in [0.2, 0.25) is 0 Å². The van der Waals surface area contributed by atoms with E-state index in [2.05, 4.69) is 75.8 Å². The molecule has 44 heavy (non-hydrogen) atoms. The predicted molar refractivity (Wildman–Crippen MR) is 173 cm³/mol.